The SMILES string of the molecule is Br.Br.Br.F.F.[Cr].[Cr]. The molecule has 0 N–H and O–H groups in total. The zero-order valence-corrected chi connectivity index (χ0v) is 10.5. The van der Waals surface area contributed by atoms with Gasteiger partial charge in [0.15, 0.2) is 0 Å². The summed E-state index contributed by atoms with van der Waals surface area (Å²) in [6.07, 6.45) is 0. The van der Waals surface area contributed by atoms with Gasteiger partial charge in [0.2, 0.25) is 0 Å². The monoisotopic (exact) mass is 384 g/mol. The fourth-order valence-electron chi connectivity index (χ4n) is 0. The molecule has 0 amide bonds. The molecule has 0 aliphatic rings. The van der Waals surface area contributed by atoms with Gasteiger partial charge in [-0.2, -0.15) is 0 Å². The summed E-state index contributed by atoms with van der Waals surface area (Å²) in [5, 5.41) is 0. The van der Waals surface area contributed by atoms with E-state index in [4.69, 9.17) is 0 Å². The maximum atomic E-state index is 0. The van der Waals surface area contributed by atoms with E-state index in [1.165, 1.54) is 0 Å². The van der Waals surface area contributed by atoms with Gasteiger partial charge < -0.3 is 0 Å². The van der Waals surface area contributed by atoms with Gasteiger partial charge in [-0.05, 0) is 0 Å². The van der Waals surface area contributed by atoms with E-state index in [2.05, 4.69) is 0 Å². The van der Waals surface area contributed by atoms with Crippen LogP contribution >= 0.6 is 50.9 Å². The largest absolute Gasteiger partial charge is 0.269 e. The molecule has 0 aliphatic heterocycles. The van der Waals surface area contributed by atoms with E-state index in [-0.39, 0.29) is 95.1 Å². The van der Waals surface area contributed by atoms with Crippen LogP contribution in [-0.4, -0.2) is 0 Å². The van der Waals surface area contributed by atoms with Crippen molar-refractivity contribution in [3.63, 3.8) is 0 Å². The van der Waals surface area contributed by atoms with Crippen molar-refractivity contribution in [2.75, 3.05) is 0 Å². The molecule has 52 valence electrons. The van der Waals surface area contributed by atoms with Gasteiger partial charge in [-0.25, -0.2) is 0 Å². The van der Waals surface area contributed by atoms with Gasteiger partial charge in [-0.3, -0.25) is 9.41 Å². The van der Waals surface area contributed by atoms with Gasteiger partial charge in [0.05, 0.1) is 0 Å². The minimum absolute atomic E-state index is 0. The summed E-state index contributed by atoms with van der Waals surface area (Å²) in [6, 6.07) is 0. The first-order chi connectivity index (χ1) is 0. The molecule has 0 spiro atoms. The predicted molar refractivity (Wildman–Crippen MR) is 36.0 cm³/mol. The Bertz CT molecular complexity index is 10.9. The third-order valence-corrected chi connectivity index (χ3v) is 0. The van der Waals surface area contributed by atoms with Gasteiger partial charge in [0, 0.05) is 34.7 Å². The van der Waals surface area contributed by atoms with E-state index < -0.39 is 0 Å². The quantitative estimate of drug-likeness (QED) is 0.598. The minimum atomic E-state index is 0. The van der Waals surface area contributed by atoms with Gasteiger partial charge in [0.1, 0.15) is 0 Å². The van der Waals surface area contributed by atoms with Gasteiger partial charge in [0.25, 0.3) is 0 Å². The van der Waals surface area contributed by atoms with Crippen molar-refractivity contribution in [2.24, 2.45) is 0 Å². The van der Waals surface area contributed by atoms with Crippen molar-refractivity contribution in [3.8, 4) is 0 Å². The zero-order chi connectivity index (χ0) is 0. The Kier molecular flexibility index (Phi) is 1360. The summed E-state index contributed by atoms with van der Waals surface area (Å²) in [7, 11) is 0. The molecule has 7 heteroatoms. The molecule has 0 rings (SSSR count). The third-order valence-electron chi connectivity index (χ3n) is 0. The fourth-order valence-corrected chi connectivity index (χ4v) is 0. The second kappa shape index (κ2) is 81.1. The van der Waals surface area contributed by atoms with E-state index >= 15 is 0 Å². The molecular weight excluding hydrogens is 382 g/mol. The molecule has 0 nitrogen and oxygen atoms in total. The fraction of sp³-hybridized carbons (Fsp3) is 0. The number of rotatable bonds is 0. The summed E-state index contributed by atoms with van der Waals surface area (Å²) < 4.78 is 0. The van der Waals surface area contributed by atoms with Crippen molar-refractivity contribution < 1.29 is 44.1 Å². The molecule has 0 aliphatic carbocycles. The van der Waals surface area contributed by atoms with Crippen molar-refractivity contribution >= 4 is 50.9 Å². The van der Waals surface area contributed by atoms with Gasteiger partial charge >= 0.3 is 0 Å². The van der Waals surface area contributed by atoms with E-state index in [1.807, 2.05) is 0 Å². The van der Waals surface area contributed by atoms with Crippen LogP contribution in [0.15, 0.2) is 0 Å². The summed E-state index contributed by atoms with van der Waals surface area (Å²) in [6.45, 7) is 0. The first-order valence-corrected chi connectivity index (χ1v) is 0. The van der Waals surface area contributed by atoms with Crippen LogP contribution in [0.3, 0.4) is 0 Å². The Hall–Kier alpha value is 2.36. The molecule has 0 radical (unpaired) electrons. The predicted octanol–water partition coefficient (Wildman–Crippen LogP) is 2.03. The van der Waals surface area contributed by atoms with Crippen LogP contribution in [0.1, 0.15) is 0 Å². The Labute approximate surface area is 94.1 Å². The average Bonchev–Trinajstić information content (AvgIpc) is 0. The Balaban J connectivity index is 0. The Morgan fingerprint density at radius 1 is 0.429 bits per heavy atom. The van der Waals surface area contributed by atoms with E-state index in [0.29, 0.717) is 0 Å². The molecule has 0 bridgehead atoms. The van der Waals surface area contributed by atoms with Crippen molar-refractivity contribution in [1.29, 1.82) is 0 Å². The second-order valence-corrected chi connectivity index (χ2v) is 0. The average molecular weight is 387 g/mol. The molecule has 0 aromatic rings. The zero-order valence-electron chi connectivity index (χ0n) is 2.86. The van der Waals surface area contributed by atoms with Crippen LogP contribution in [0.25, 0.3) is 0 Å². The van der Waals surface area contributed by atoms with E-state index in [9.17, 15) is 0 Å². The molecular formula is H5Br3Cr2F2. The standard InChI is InChI=1S/3BrH.2Cr.2FH/h3*1H;;;2*1H. The van der Waals surface area contributed by atoms with Crippen LogP contribution in [0, 0.1) is 0 Å². The van der Waals surface area contributed by atoms with Crippen molar-refractivity contribution in [3.05, 3.63) is 0 Å². The second-order valence-electron chi connectivity index (χ2n) is 0. The molecule has 7 heavy (non-hydrogen) atoms. The van der Waals surface area contributed by atoms with Crippen LogP contribution in [0.4, 0.5) is 9.41 Å². The Morgan fingerprint density at radius 2 is 0.429 bits per heavy atom. The summed E-state index contributed by atoms with van der Waals surface area (Å²) in [4.78, 5) is 0. The van der Waals surface area contributed by atoms with Crippen LogP contribution in [0.5, 0.6) is 0 Å². The Morgan fingerprint density at radius 3 is 0.429 bits per heavy atom. The molecule has 0 heterocycles. The summed E-state index contributed by atoms with van der Waals surface area (Å²) >= 11 is 0. The van der Waals surface area contributed by atoms with Gasteiger partial charge in [-0.1, -0.05) is 0 Å². The molecule has 0 saturated heterocycles. The number of halogens is 5. The first-order valence-electron chi connectivity index (χ1n) is 0. The molecule has 0 aromatic carbocycles. The van der Waals surface area contributed by atoms with Gasteiger partial charge in [-0.15, -0.1) is 50.9 Å². The maximum Gasteiger partial charge on any atom is 0 e. The van der Waals surface area contributed by atoms with Crippen molar-refractivity contribution in [2.45, 2.75) is 0 Å². The topological polar surface area (TPSA) is 0 Å². The molecule has 0 aromatic heterocycles. The van der Waals surface area contributed by atoms with Crippen LogP contribution in [-0.2, 0) is 34.7 Å². The number of hydrogen-bond acceptors (Lipinski definition) is 0. The summed E-state index contributed by atoms with van der Waals surface area (Å²) in [5.74, 6) is 0. The maximum absolute atomic E-state index is 0. The van der Waals surface area contributed by atoms with Crippen molar-refractivity contribution in [1.82, 2.24) is 0 Å². The smallest absolute Gasteiger partial charge is 0 e. The molecule has 0 unspecified atom stereocenters. The molecule has 0 saturated carbocycles. The van der Waals surface area contributed by atoms with Crippen LogP contribution < -0.4 is 0 Å². The van der Waals surface area contributed by atoms with Crippen LogP contribution in [0.2, 0.25) is 0 Å². The minimum Gasteiger partial charge on any atom is -0.269 e. The van der Waals surface area contributed by atoms with E-state index in [0.717, 1.165) is 0 Å². The number of hydrogen-bond donors (Lipinski definition) is 0. The summed E-state index contributed by atoms with van der Waals surface area (Å²) in [5.41, 5.74) is 0. The van der Waals surface area contributed by atoms with E-state index in [1.54, 1.807) is 0 Å². The normalized spacial score (nSPS) is 0. The first kappa shape index (κ1) is 117. The third kappa shape index (κ3) is 60.6. The molecule has 0 atom stereocenters. The molecule has 0 fully saturated rings.